The van der Waals surface area contributed by atoms with Gasteiger partial charge in [-0.1, -0.05) is 24.3 Å². The van der Waals surface area contributed by atoms with Crippen LogP contribution in [0.2, 0.25) is 0 Å². The summed E-state index contributed by atoms with van der Waals surface area (Å²) in [4.78, 5) is 4.62. The van der Waals surface area contributed by atoms with Gasteiger partial charge in [-0.15, -0.1) is 11.3 Å². The predicted molar refractivity (Wildman–Crippen MR) is 104 cm³/mol. The topological polar surface area (TPSA) is 22.1 Å². The third-order valence-corrected chi connectivity index (χ3v) is 6.75. The molecule has 0 N–H and O–H groups in total. The average Bonchev–Trinajstić information content (AvgIpc) is 3.25. The molecule has 1 aromatic heterocycles. The highest BCUT2D eigenvalue weighted by Gasteiger charge is 2.40. The summed E-state index contributed by atoms with van der Waals surface area (Å²) in [6.07, 6.45) is 11.8. The Morgan fingerprint density at radius 3 is 3.00 bits per heavy atom. The lowest BCUT2D eigenvalue weighted by Gasteiger charge is -2.33. The molecule has 4 atom stereocenters. The van der Waals surface area contributed by atoms with E-state index in [1.54, 1.807) is 23.5 Å². The second-order valence-corrected chi connectivity index (χ2v) is 8.46. The lowest BCUT2D eigenvalue weighted by atomic mass is 9.86. The third kappa shape index (κ3) is 4.07. The summed E-state index contributed by atoms with van der Waals surface area (Å²) in [6.45, 7) is 2.05. The van der Waals surface area contributed by atoms with Gasteiger partial charge in [0.05, 0.1) is 6.10 Å². The molecule has 2 aliphatic rings. The molecular formula is C22H26FNOS. The van der Waals surface area contributed by atoms with Gasteiger partial charge in [0.1, 0.15) is 16.9 Å². The molecule has 138 valence electrons. The maximum absolute atomic E-state index is 13.2. The van der Waals surface area contributed by atoms with E-state index >= 15 is 0 Å². The SMILES string of the molecule is Cc1csc(C2CC[C@@H]3C(/C=C/CCc4cccc(F)c4)CC[C@@H]3O2)n1. The zero-order chi connectivity index (χ0) is 17.9. The van der Waals surface area contributed by atoms with Gasteiger partial charge in [-0.05, 0) is 75.0 Å². The van der Waals surface area contributed by atoms with Crippen LogP contribution in [0.3, 0.4) is 0 Å². The Morgan fingerprint density at radius 2 is 2.19 bits per heavy atom. The van der Waals surface area contributed by atoms with Crippen LogP contribution in [0.15, 0.2) is 41.8 Å². The van der Waals surface area contributed by atoms with Crippen molar-refractivity contribution in [1.82, 2.24) is 4.98 Å². The lowest BCUT2D eigenvalue weighted by molar-refractivity contribution is -0.0763. The summed E-state index contributed by atoms with van der Waals surface area (Å²) < 4.78 is 19.6. The molecule has 1 aliphatic heterocycles. The Kier molecular flexibility index (Phi) is 5.51. The number of fused-ring (bicyclic) bond motifs is 1. The fourth-order valence-electron chi connectivity index (χ4n) is 4.41. The first kappa shape index (κ1) is 17.9. The number of aryl methyl sites for hydroxylation is 2. The number of benzene rings is 1. The molecule has 1 aromatic carbocycles. The first-order valence-corrected chi connectivity index (χ1v) is 10.6. The molecule has 2 heterocycles. The molecular weight excluding hydrogens is 345 g/mol. The number of hydrogen-bond donors (Lipinski definition) is 0. The molecule has 2 unspecified atom stereocenters. The van der Waals surface area contributed by atoms with E-state index in [1.807, 2.05) is 13.0 Å². The number of rotatable bonds is 5. The Labute approximate surface area is 159 Å². The van der Waals surface area contributed by atoms with Crippen LogP contribution in [-0.2, 0) is 11.2 Å². The van der Waals surface area contributed by atoms with E-state index in [9.17, 15) is 4.39 Å². The van der Waals surface area contributed by atoms with Crippen molar-refractivity contribution in [2.45, 2.75) is 57.7 Å². The number of halogens is 1. The molecule has 0 spiro atoms. The average molecular weight is 372 g/mol. The number of hydrogen-bond acceptors (Lipinski definition) is 3. The van der Waals surface area contributed by atoms with Crippen LogP contribution in [-0.4, -0.2) is 11.1 Å². The van der Waals surface area contributed by atoms with Gasteiger partial charge in [0.25, 0.3) is 0 Å². The second kappa shape index (κ2) is 8.01. The molecule has 2 nitrogen and oxygen atoms in total. The minimum atomic E-state index is -0.144. The minimum Gasteiger partial charge on any atom is -0.367 e. The number of aromatic nitrogens is 1. The van der Waals surface area contributed by atoms with E-state index in [0.29, 0.717) is 17.9 Å². The van der Waals surface area contributed by atoms with Gasteiger partial charge < -0.3 is 4.74 Å². The summed E-state index contributed by atoms with van der Waals surface area (Å²) in [5, 5.41) is 3.26. The van der Waals surface area contributed by atoms with Crippen LogP contribution in [0, 0.1) is 24.6 Å². The summed E-state index contributed by atoms with van der Waals surface area (Å²) in [5.74, 6) is 1.14. The first-order valence-electron chi connectivity index (χ1n) is 9.67. The Bertz CT molecular complexity index is 771. The van der Waals surface area contributed by atoms with Crippen molar-refractivity contribution in [3.63, 3.8) is 0 Å². The number of allylic oxidation sites excluding steroid dienone is 2. The van der Waals surface area contributed by atoms with Crippen molar-refractivity contribution in [3.8, 4) is 0 Å². The molecule has 1 aliphatic carbocycles. The maximum Gasteiger partial charge on any atom is 0.123 e. The van der Waals surface area contributed by atoms with E-state index in [1.165, 1.54) is 18.9 Å². The minimum absolute atomic E-state index is 0.144. The van der Waals surface area contributed by atoms with Crippen molar-refractivity contribution >= 4 is 11.3 Å². The molecule has 0 bridgehead atoms. The molecule has 1 saturated heterocycles. The number of nitrogens with zero attached hydrogens (tertiary/aromatic N) is 1. The van der Waals surface area contributed by atoms with Crippen molar-refractivity contribution < 1.29 is 9.13 Å². The van der Waals surface area contributed by atoms with E-state index in [0.717, 1.165) is 41.9 Å². The fraction of sp³-hybridized carbons (Fsp3) is 0.500. The van der Waals surface area contributed by atoms with E-state index < -0.39 is 0 Å². The molecule has 4 rings (SSSR count). The summed E-state index contributed by atoms with van der Waals surface area (Å²) in [5.41, 5.74) is 2.17. The molecule has 2 fully saturated rings. The highest BCUT2D eigenvalue weighted by Crippen LogP contribution is 2.46. The van der Waals surface area contributed by atoms with E-state index in [4.69, 9.17) is 4.74 Å². The molecule has 26 heavy (non-hydrogen) atoms. The van der Waals surface area contributed by atoms with Gasteiger partial charge in [0.2, 0.25) is 0 Å². The van der Waals surface area contributed by atoms with Crippen molar-refractivity contribution in [1.29, 1.82) is 0 Å². The fourth-order valence-corrected chi connectivity index (χ4v) is 5.27. The van der Waals surface area contributed by atoms with E-state index in [-0.39, 0.29) is 11.9 Å². The predicted octanol–water partition coefficient (Wildman–Crippen LogP) is 6.03. The zero-order valence-corrected chi connectivity index (χ0v) is 16.1. The normalized spacial score (nSPS) is 28.5. The highest BCUT2D eigenvalue weighted by atomic mass is 32.1. The van der Waals surface area contributed by atoms with Crippen LogP contribution in [0.5, 0.6) is 0 Å². The van der Waals surface area contributed by atoms with Crippen LogP contribution in [0.1, 0.15) is 54.5 Å². The van der Waals surface area contributed by atoms with Gasteiger partial charge in [-0.2, -0.15) is 0 Å². The monoisotopic (exact) mass is 371 g/mol. The molecule has 4 heteroatoms. The molecule has 1 saturated carbocycles. The van der Waals surface area contributed by atoms with Gasteiger partial charge >= 0.3 is 0 Å². The van der Waals surface area contributed by atoms with Crippen molar-refractivity contribution in [2.24, 2.45) is 11.8 Å². The van der Waals surface area contributed by atoms with Crippen LogP contribution < -0.4 is 0 Å². The lowest BCUT2D eigenvalue weighted by Crippen LogP contribution is -2.29. The molecule has 0 radical (unpaired) electrons. The quantitative estimate of drug-likeness (QED) is 0.599. The number of thiazole rings is 1. The molecule has 0 amide bonds. The smallest absolute Gasteiger partial charge is 0.123 e. The van der Waals surface area contributed by atoms with E-state index in [2.05, 4.69) is 22.5 Å². The van der Waals surface area contributed by atoms with Crippen LogP contribution in [0.4, 0.5) is 4.39 Å². The summed E-state index contributed by atoms with van der Waals surface area (Å²) >= 11 is 1.73. The van der Waals surface area contributed by atoms with Gasteiger partial charge in [-0.25, -0.2) is 9.37 Å². The standard InChI is InChI=1S/C22H26FNOS/c1-15-14-26-22(24-15)21-12-10-19-17(9-11-20(19)25-21)7-3-2-5-16-6-4-8-18(23)13-16/h3-4,6-8,13-14,17,19-21H,2,5,9-12H2,1H3/b7-3+/t17?,19-,20+,21?/m1/s1. The first-order chi connectivity index (χ1) is 12.7. The summed E-state index contributed by atoms with van der Waals surface area (Å²) in [6, 6.07) is 6.92. The summed E-state index contributed by atoms with van der Waals surface area (Å²) in [7, 11) is 0. The van der Waals surface area contributed by atoms with Gasteiger partial charge in [0.15, 0.2) is 0 Å². The maximum atomic E-state index is 13.2. The van der Waals surface area contributed by atoms with Crippen LogP contribution >= 0.6 is 11.3 Å². The Balaban J connectivity index is 1.29. The Hall–Kier alpha value is -1.52. The third-order valence-electron chi connectivity index (χ3n) is 5.70. The van der Waals surface area contributed by atoms with Crippen LogP contribution in [0.25, 0.3) is 0 Å². The number of ether oxygens (including phenoxy) is 1. The van der Waals surface area contributed by atoms with Gasteiger partial charge in [0, 0.05) is 11.1 Å². The Morgan fingerprint density at radius 1 is 1.27 bits per heavy atom. The highest BCUT2D eigenvalue weighted by molar-refractivity contribution is 7.09. The van der Waals surface area contributed by atoms with Crippen molar-refractivity contribution in [3.05, 3.63) is 63.9 Å². The van der Waals surface area contributed by atoms with Gasteiger partial charge in [-0.3, -0.25) is 0 Å². The molecule has 2 aromatic rings. The largest absolute Gasteiger partial charge is 0.367 e. The zero-order valence-electron chi connectivity index (χ0n) is 15.2. The van der Waals surface area contributed by atoms with Crippen molar-refractivity contribution in [2.75, 3.05) is 0 Å². The second-order valence-electron chi connectivity index (χ2n) is 7.57.